The predicted octanol–water partition coefficient (Wildman–Crippen LogP) is 3.70. The van der Waals surface area contributed by atoms with E-state index in [2.05, 4.69) is 33.6 Å². The van der Waals surface area contributed by atoms with Crippen LogP contribution < -0.4 is 10.6 Å². The summed E-state index contributed by atoms with van der Waals surface area (Å²) >= 11 is 0. The highest BCUT2D eigenvalue weighted by Crippen LogP contribution is 2.19. The number of carbonyl (C=O) groups is 1. The van der Waals surface area contributed by atoms with Crippen molar-refractivity contribution in [3.8, 4) is 0 Å². The number of nitrogens with one attached hydrogen (secondary N) is 2. The Hall–Kier alpha value is -1.91. The van der Waals surface area contributed by atoms with E-state index in [-0.39, 0.29) is 5.91 Å². The summed E-state index contributed by atoms with van der Waals surface area (Å²) < 4.78 is 0. The van der Waals surface area contributed by atoms with Crippen LogP contribution in [0.4, 0.5) is 5.95 Å². The first-order valence-electron chi connectivity index (χ1n) is 8.81. The van der Waals surface area contributed by atoms with E-state index in [4.69, 9.17) is 0 Å². The topological polar surface area (TPSA) is 66.9 Å². The van der Waals surface area contributed by atoms with Gasteiger partial charge in [0, 0.05) is 25.5 Å². The molecular formula is C18H28N4O. The molecule has 2 N–H and O–H groups in total. The molecule has 0 aliphatic heterocycles. The quantitative estimate of drug-likeness (QED) is 0.538. The lowest BCUT2D eigenvalue weighted by molar-refractivity contribution is 0.0952. The Morgan fingerprint density at radius 2 is 2.00 bits per heavy atom. The van der Waals surface area contributed by atoms with Crippen molar-refractivity contribution in [2.45, 2.75) is 58.3 Å². The second kappa shape index (κ2) is 9.98. The van der Waals surface area contributed by atoms with Gasteiger partial charge in [-0.2, -0.15) is 0 Å². The van der Waals surface area contributed by atoms with E-state index in [0.717, 1.165) is 32.2 Å². The molecule has 5 heteroatoms. The van der Waals surface area contributed by atoms with Gasteiger partial charge >= 0.3 is 0 Å². The van der Waals surface area contributed by atoms with Crippen molar-refractivity contribution in [1.29, 1.82) is 0 Å². The molecule has 0 fully saturated rings. The molecule has 0 spiro atoms. The van der Waals surface area contributed by atoms with Crippen LogP contribution in [-0.4, -0.2) is 29.0 Å². The lowest BCUT2D eigenvalue weighted by atomic mass is 9.97. The molecule has 1 aliphatic rings. The Kier molecular flexibility index (Phi) is 7.57. The molecule has 1 aliphatic carbocycles. The number of rotatable bonds is 9. The van der Waals surface area contributed by atoms with Gasteiger partial charge < -0.3 is 10.6 Å². The van der Waals surface area contributed by atoms with Gasteiger partial charge in [0.25, 0.3) is 5.91 Å². The summed E-state index contributed by atoms with van der Waals surface area (Å²) in [5, 5.41) is 6.12. The fourth-order valence-corrected chi connectivity index (χ4v) is 2.68. The third kappa shape index (κ3) is 6.38. The van der Waals surface area contributed by atoms with Crippen LogP contribution in [0.15, 0.2) is 24.0 Å². The lowest BCUT2D eigenvalue weighted by Crippen LogP contribution is -2.24. The summed E-state index contributed by atoms with van der Waals surface area (Å²) in [4.78, 5) is 20.4. The fourth-order valence-electron chi connectivity index (χ4n) is 2.68. The highest BCUT2D eigenvalue weighted by molar-refractivity contribution is 5.93. The van der Waals surface area contributed by atoms with E-state index < -0.39 is 0 Å². The number of amides is 1. The van der Waals surface area contributed by atoms with Gasteiger partial charge in [0.1, 0.15) is 0 Å². The Morgan fingerprint density at radius 3 is 2.70 bits per heavy atom. The number of allylic oxidation sites excluding steroid dienone is 1. The summed E-state index contributed by atoms with van der Waals surface area (Å²) in [5.74, 6) is 0.490. The van der Waals surface area contributed by atoms with E-state index in [1.807, 2.05) is 0 Å². The van der Waals surface area contributed by atoms with Gasteiger partial charge in [-0.15, -0.1) is 0 Å². The van der Waals surface area contributed by atoms with E-state index in [0.29, 0.717) is 18.1 Å². The largest absolute Gasteiger partial charge is 0.354 e. The molecular weight excluding hydrogens is 288 g/mol. The monoisotopic (exact) mass is 316 g/mol. The van der Waals surface area contributed by atoms with Gasteiger partial charge in [0.15, 0.2) is 0 Å². The van der Waals surface area contributed by atoms with Crippen LogP contribution in [0, 0.1) is 0 Å². The van der Waals surface area contributed by atoms with Crippen LogP contribution in [0.1, 0.15) is 68.6 Å². The number of unbranched alkanes of at least 4 members (excludes halogenated alkanes) is 2. The smallest absolute Gasteiger partial charge is 0.254 e. The van der Waals surface area contributed by atoms with Crippen LogP contribution in [0.25, 0.3) is 0 Å². The van der Waals surface area contributed by atoms with E-state index in [9.17, 15) is 4.79 Å². The second-order valence-electron chi connectivity index (χ2n) is 6.04. The zero-order valence-electron chi connectivity index (χ0n) is 14.1. The fraction of sp³-hybridized carbons (Fsp3) is 0.611. The third-order valence-corrected chi connectivity index (χ3v) is 4.09. The lowest BCUT2D eigenvalue weighted by Gasteiger charge is -2.12. The van der Waals surface area contributed by atoms with Crippen molar-refractivity contribution < 1.29 is 4.79 Å². The second-order valence-corrected chi connectivity index (χ2v) is 6.04. The molecule has 0 bridgehead atoms. The van der Waals surface area contributed by atoms with Crippen LogP contribution in [0.5, 0.6) is 0 Å². The molecule has 1 heterocycles. The Bertz CT molecular complexity index is 510. The van der Waals surface area contributed by atoms with Gasteiger partial charge in [-0.05, 0) is 38.5 Å². The number of carbonyl (C=O) groups excluding carboxylic acids is 1. The van der Waals surface area contributed by atoms with E-state index in [1.165, 1.54) is 31.3 Å². The minimum Gasteiger partial charge on any atom is -0.354 e. The average molecular weight is 316 g/mol. The normalized spacial score (nSPS) is 14.2. The summed E-state index contributed by atoms with van der Waals surface area (Å²) in [6.07, 6.45) is 14.9. The molecule has 0 atom stereocenters. The minimum atomic E-state index is -0.0972. The molecule has 0 saturated heterocycles. The summed E-state index contributed by atoms with van der Waals surface area (Å²) in [5.41, 5.74) is 2.05. The molecule has 126 valence electrons. The number of nitrogens with zero attached hydrogens (tertiary/aromatic N) is 2. The van der Waals surface area contributed by atoms with Crippen LogP contribution in [-0.2, 0) is 0 Å². The maximum absolute atomic E-state index is 11.9. The van der Waals surface area contributed by atoms with Crippen molar-refractivity contribution >= 4 is 11.9 Å². The summed E-state index contributed by atoms with van der Waals surface area (Å²) in [6, 6.07) is 0. The van der Waals surface area contributed by atoms with Gasteiger partial charge in [0.05, 0.1) is 5.56 Å². The molecule has 0 saturated carbocycles. The van der Waals surface area contributed by atoms with Gasteiger partial charge in [-0.1, -0.05) is 31.4 Å². The molecule has 2 rings (SSSR count). The van der Waals surface area contributed by atoms with Crippen molar-refractivity contribution in [3.05, 3.63) is 29.6 Å². The SMILES string of the molecule is CCCCCNC(=O)c1cnc(NCCC2=CCCCC2)nc1. The molecule has 1 amide bonds. The molecule has 1 aromatic heterocycles. The first-order chi connectivity index (χ1) is 11.3. The Morgan fingerprint density at radius 1 is 1.17 bits per heavy atom. The standard InChI is InChI=1S/C18H28N4O/c1-2-3-7-11-19-17(23)16-13-21-18(22-14-16)20-12-10-15-8-5-4-6-9-15/h8,13-14H,2-7,9-12H2,1H3,(H,19,23)(H,20,21,22). The molecule has 0 aromatic carbocycles. The molecule has 0 radical (unpaired) electrons. The number of hydrogen-bond acceptors (Lipinski definition) is 4. The molecule has 5 nitrogen and oxygen atoms in total. The third-order valence-electron chi connectivity index (χ3n) is 4.09. The zero-order chi connectivity index (χ0) is 16.3. The van der Waals surface area contributed by atoms with Crippen LogP contribution in [0.2, 0.25) is 0 Å². The average Bonchev–Trinajstić information content (AvgIpc) is 2.60. The molecule has 23 heavy (non-hydrogen) atoms. The van der Waals surface area contributed by atoms with Gasteiger partial charge in [-0.25, -0.2) is 9.97 Å². The van der Waals surface area contributed by atoms with E-state index >= 15 is 0 Å². The van der Waals surface area contributed by atoms with Crippen molar-refractivity contribution in [2.75, 3.05) is 18.4 Å². The van der Waals surface area contributed by atoms with Crippen molar-refractivity contribution in [3.63, 3.8) is 0 Å². The number of aromatic nitrogens is 2. The van der Waals surface area contributed by atoms with E-state index in [1.54, 1.807) is 12.4 Å². The van der Waals surface area contributed by atoms with Gasteiger partial charge in [0.2, 0.25) is 5.95 Å². The zero-order valence-corrected chi connectivity index (χ0v) is 14.1. The maximum atomic E-state index is 11.9. The molecule has 1 aromatic rings. The van der Waals surface area contributed by atoms with Crippen molar-refractivity contribution in [2.24, 2.45) is 0 Å². The highest BCUT2D eigenvalue weighted by Gasteiger charge is 2.07. The van der Waals surface area contributed by atoms with Crippen molar-refractivity contribution in [1.82, 2.24) is 15.3 Å². The molecule has 0 unspecified atom stereocenters. The maximum Gasteiger partial charge on any atom is 0.254 e. The minimum absolute atomic E-state index is 0.0972. The van der Waals surface area contributed by atoms with Gasteiger partial charge in [-0.3, -0.25) is 4.79 Å². The Labute approximate surface area is 139 Å². The highest BCUT2D eigenvalue weighted by atomic mass is 16.1. The summed E-state index contributed by atoms with van der Waals surface area (Å²) in [7, 11) is 0. The summed E-state index contributed by atoms with van der Waals surface area (Å²) in [6.45, 7) is 3.70. The van der Waals surface area contributed by atoms with Crippen LogP contribution >= 0.6 is 0 Å². The Balaban J connectivity index is 1.71. The number of anilines is 1. The first kappa shape index (κ1) is 17.4. The predicted molar refractivity (Wildman–Crippen MR) is 93.5 cm³/mol. The number of hydrogen-bond donors (Lipinski definition) is 2. The first-order valence-corrected chi connectivity index (χ1v) is 8.81. The van der Waals surface area contributed by atoms with Crippen LogP contribution in [0.3, 0.4) is 0 Å².